The number of carbonyl (C=O) groups excluding carboxylic acids is 1. The minimum Gasteiger partial charge on any atom is -0.354 e. The number of aryl methyl sites for hydroxylation is 1. The third-order valence-electron chi connectivity index (χ3n) is 6.57. The van der Waals surface area contributed by atoms with Gasteiger partial charge in [0.15, 0.2) is 0 Å². The Morgan fingerprint density at radius 1 is 1.08 bits per heavy atom. The Morgan fingerprint density at radius 3 is 2.44 bits per heavy atom. The first-order valence-corrected chi connectivity index (χ1v) is 13.2. The lowest BCUT2D eigenvalue weighted by Gasteiger charge is -2.36. The number of likely N-dealkylation sites (N-methyl/N-ethyl adjacent to an activating group) is 1. The van der Waals surface area contributed by atoms with Crippen LogP contribution < -0.4 is 10.2 Å². The molecule has 2 aromatic carbocycles. The van der Waals surface area contributed by atoms with Gasteiger partial charge in [-0.2, -0.15) is 5.10 Å². The molecule has 2 heterocycles. The second-order valence-electron chi connectivity index (χ2n) is 9.77. The average Bonchev–Trinajstić information content (AvgIpc) is 3.19. The first-order valence-electron chi connectivity index (χ1n) is 12.8. The van der Waals surface area contributed by atoms with Crippen molar-refractivity contribution in [2.24, 2.45) is 5.92 Å². The molecule has 7 nitrogen and oxygen atoms in total. The minimum absolute atomic E-state index is 0.139. The van der Waals surface area contributed by atoms with E-state index in [1.165, 1.54) is 0 Å². The maximum absolute atomic E-state index is 13.4. The quantitative estimate of drug-likeness (QED) is 0.426. The molecular weight excluding hydrogens is 472 g/mol. The van der Waals surface area contributed by atoms with E-state index in [9.17, 15) is 4.79 Å². The summed E-state index contributed by atoms with van der Waals surface area (Å²) in [6.45, 7) is 14.6. The van der Waals surface area contributed by atoms with Crippen LogP contribution in [0.1, 0.15) is 32.0 Å². The molecule has 8 heteroatoms. The van der Waals surface area contributed by atoms with Crippen LogP contribution in [0.4, 0.5) is 16.3 Å². The molecule has 1 aromatic heterocycles. The standard InChI is InChI=1S/C28H37ClN6O/c1-5-32-14-16-33(17-15-32)27-26(22(4)31-35(27)25-12-7-6-8-13-25)20-34(19-21(2)3)28(36)30-24-11-9-10-23(29)18-24/h6-13,18,21H,5,14-17,19-20H2,1-4H3,(H,30,36). The zero-order chi connectivity index (χ0) is 25.7. The van der Waals surface area contributed by atoms with Crippen LogP contribution in [0.2, 0.25) is 5.02 Å². The van der Waals surface area contributed by atoms with Crippen LogP contribution in [0.5, 0.6) is 0 Å². The van der Waals surface area contributed by atoms with Crippen LogP contribution in [-0.4, -0.2) is 64.9 Å². The number of carbonyl (C=O) groups is 1. The molecular formula is C28H37ClN6O. The van der Waals surface area contributed by atoms with Gasteiger partial charge in [0, 0.05) is 49.0 Å². The second kappa shape index (κ2) is 11.8. The Labute approximate surface area is 219 Å². The molecule has 0 spiro atoms. The summed E-state index contributed by atoms with van der Waals surface area (Å²) in [6, 6.07) is 17.4. The minimum atomic E-state index is -0.139. The molecule has 0 bridgehead atoms. The van der Waals surface area contributed by atoms with E-state index < -0.39 is 0 Å². The van der Waals surface area contributed by atoms with Crippen LogP contribution in [0.25, 0.3) is 5.69 Å². The third-order valence-corrected chi connectivity index (χ3v) is 6.81. The second-order valence-corrected chi connectivity index (χ2v) is 10.2. The number of hydrogen-bond donors (Lipinski definition) is 1. The number of aromatic nitrogens is 2. The number of rotatable bonds is 8. The largest absolute Gasteiger partial charge is 0.354 e. The van der Waals surface area contributed by atoms with Crippen molar-refractivity contribution in [1.29, 1.82) is 0 Å². The maximum Gasteiger partial charge on any atom is 0.322 e. The molecule has 36 heavy (non-hydrogen) atoms. The van der Waals surface area contributed by atoms with Crippen molar-refractivity contribution in [1.82, 2.24) is 19.6 Å². The molecule has 1 N–H and O–H groups in total. The predicted molar refractivity (Wildman–Crippen MR) is 148 cm³/mol. The molecule has 0 saturated carbocycles. The van der Waals surface area contributed by atoms with Gasteiger partial charge in [-0.3, -0.25) is 0 Å². The van der Waals surface area contributed by atoms with E-state index >= 15 is 0 Å². The molecule has 2 amide bonds. The lowest BCUT2D eigenvalue weighted by atomic mass is 10.1. The summed E-state index contributed by atoms with van der Waals surface area (Å²) in [4.78, 5) is 20.2. The average molecular weight is 509 g/mol. The molecule has 1 aliphatic heterocycles. The van der Waals surface area contributed by atoms with E-state index in [0.29, 0.717) is 29.7 Å². The van der Waals surface area contributed by atoms with Crippen molar-refractivity contribution < 1.29 is 4.79 Å². The van der Waals surface area contributed by atoms with Crippen molar-refractivity contribution in [3.8, 4) is 5.69 Å². The SMILES string of the molecule is CCN1CCN(c2c(CN(CC(C)C)C(=O)Nc3cccc(Cl)c3)c(C)nn2-c2ccccc2)CC1. The molecule has 0 unspecified atom stereocenters. The van der Waals surface area contributed by atoms with Crippen LogP contribution in [0.15, 0.2) is 54.6 Å². The fraction of sp³-hybridized carbons (Fsp3) is 0.429. The highest BCUT2D eigenvalue weighted by molar-refractivity contribution is 6.30. The van der Waals surface area contributed by atoms with Crippen LogP contribution >= 0.6 is 11.6 Å². The first-order chi connectivity index (χ1) is 17.4. The smallest absolute Gasteiger partial charge is 0.322 e. The highest BCUT2D eigenvalue weighted by atomic mass is 35.5. The van der Waals surface area contributed by atoms with Gasteiger partial charge in [0.2, 0.25) is 0 Å². The Kier molecular flexibility index (Phi) is 8.54. The zero-order valence-electron chi connectivity index (χ0n) is 21.7. The maximum atomic E-state index is 13.4. The molecule has 0 radical (unpaired) electrons. The Morgan fingerprint density at radius 2 is 1.81 bits per heavy atom. The number of para-hydroxylation sites is 1. The summed E-state index contributed by atoms with van der Waals surface area (Å²) in [5.74, 6) is 1.40. The third kappa shape index (κ3) is 6.20. The molecule has 1 fully saturated rings. The Balaban J connectivity index is 1.68. The Bertz CT molecular complexity index is 1150. The number of piperazine rings is 1. The molecule has 3 aromatic rings. The normalized spacial score (nSPS) is 14.3. The van der Waals surface area contributed by atoms with Crippen molar-refractivity contribution in [2.45, 2.75) is 34.2 Å². The number of halogens is 1. The number of benzene rings is 2. The van der Waals surface area contributed by atoms with Gasteiger partial charge >= 0.3 is 6.03 Å². The van der Waals surface area contributed by atoms with Gasteiger partial charge in [-0.15, -0.1) is 0 Å². The number of urea groups is 1. The summed E-state index contributed by atoms with van der Waals surface area (Å²) in [5.41, 5.74) is 3.74. The molecule has 4 rings (SSSR count). The summed E-state index contributed by atoms with van der Waals surface area (Å²) < 4.78 is 2.05. The van der Waals surface area contributed by atoms with Gasteiger partial charge in [-0.1, -0.05) is 56.6 Å². The molecule has 192 valence electrons. The van der Waals surface area contributed by atoms with Crippen molar-refractivity contribution in [2.75, 3.05) is 49.5 Å². The van der Waals surface area contributed by atoms with Crippen molar-refractivity contribution in [3.63, 3.8) is 0 Å². The van der Waals surface area contributed by atoms with Crippen molar-refractivity contribution >= 4 is 29.1 Å². The molecule has 0 atom stereocenters. The number of hydrogen-bond acceptors (Lipinski definition) is 4. The van der Waals surface area contributed by atoms with Gasteiger partial charge < -0.3 is 20.0 Å². The van der Waals surface area contributed by atoms with Crippen LogP contribution in [0, 0.1) is 12.8 Å². The highest BCUT2D eigenvalue weighted by Gasteiger charge is 2.28. The summed E-state index contributed by atoms with van der Waals surface area (Å²) in [6.07, 6.45) is 0. The summed E-state index contributed by atoms with van der Waals surface area (Å²) in [5, 5.41) is 8.60. The monoisotopic (exact) mass is 508 g/mol. The van der Waals surface area contributed by atoms with E-state index in [4.69, 9.17) is 16.7 Å². The molecule has 1 aliphatic rings. The van der Waals surface area contributed by atoms with E-state index in [1.807, 2.05) is 42.2 Å². The lowest BCUT2D eigenvalue weighted by molar-refractivity contribution is 0.201. The molecule has 1 saturated heterocycles. The summed E-state index contributed by atoms with van der Waals surface area (Å²) in [7, 11) is 0. The van der Waals surface area contributed by atoms with E-state index in [1.54, 1.807) is 12.1 Å². The van der Waals surface area contributed by atoms with Crippen LogP contribution in [-0.2, 0) is 6.54 Å². The highest BCUT2D eigenvalue weighted by Crippen LogP contribution is 2.30. The van der Waals surface area contributed by atoms with Gasteiger partial charge in [-0.25, -0.2) is 9.48 Å². The number of anilines is 2. The first kappa shape index (κ1) is 26.0. The number of nitrogens with one attached hydrogen (secondary N) is 1. The van der Waals surface area contributed by atoms with Gasteiger partial charge in [0.1, 0.15) is 5.82 Å². The topological polar surface area (TPSA) is 56.6 Å². The number of nitrogens with zero attached hydrogens (tertiary/aromatic N) is 5. The number of amides is 2. The molecule has 0 aliphatic carbocycles. The van der Waals surface area contributed by atoms with Gasteiger partial charge in [0.05, 0.1) is 17.9 Å². The predicted octanol–water partition coefficient (Wildman–Crippen LogP) is 5.67. The van der Waals surface area contributed by atoms with Crippen molar-refractivity contribution in [3.05, 3.63) is 70.9 Å². The zero-order valence-corrected chi connectivity index (χ0v) is 22.5. The van der Waals surface area contributed by atoms with E-state index in [-0.39, 0.29) is 6.03 Å². The fourth-order valence-corrected chi connectivity index (χ4v) is 4.89. The lowest BCUT2D eigenvalue weighted by Crippen LogP contribution is -2.47. The van der Waals surface area contributed by atoms with Crippen LogP contribution in [0.3, 0.4) is 0 Å². The summed E-state index contributed by atoms with van der Waals surface area (Å²) >= 11 is 6.15. The van der Waals surface area contributed by atoms with Gasteiger partial charge in [0.25, 0.3) is 0 Å². The van der Waals surface area contributed by atoms with E-state index in [2.05, 4.69) is 52.7 Å². The Hall–Kier alpha value is -3.03. The fourth-order valence-electron chi connectivity index (χ4n) is 4.70. The van der Waals surface area contributed by atoms with Gasteiger partial charge in [-0.05, 0) is 49.7 Å². The van der Waals surface area contributed by atoms with E-state index in [0.717, 1.165) is 55.5 Å².